The molecule has 0 atom stereocenters. The van der Waals surface area contributed by atoms with Gasteiger partial charge >= 0.3 is 0 Å². The van der Waals surface area contributed by atoms with Crippen LogP contribution in [0.25, 0.3) is 5.70 Å². The van der Waals surface area contributed by atoms with E-state index in [1.54, 1.807) is 18.2 Å². The summed E-state index contributed by atoms with van der Waals surface area (Å²) in [6, 6.07) is 13.3. The molecule has 23 heavy (non-hydrogen) atoms. The van der Waals surface area contributed by atoms with Crippen molar-refractivity contribution >= 4 is 11.6 Å². The molecular formula is C18H16N2O3. The lowest BCUT2D eigenvalue weighted by molar-refractivity contribution is 0.0942. The molecule has 2 aromatic carbocycles. The molecule has 0 aromatic heterocycles. The van der Waals surface area contributed by atoms with Gasteiger partial charge in [0.1, 0.15) is 0 Å². The number of nitrogens with one attached hydrogen (secondary N) is 2. The van der Waals surface area contributed by atoms with Gasteiger partial charge in [-0.3, -0.25) is 15.6 Å². The Morgan fingerprint density at radius 1 is 1.04 bits per heavy atom. The zero-order chi connectivity index (χ0) is 15.6. The fraction of sp³-hybridized carbons (Fsp3) is 0.167. The summed E-state index contributed by atoms with van der Waals surface area (Å²) < 4.78 is 10.5. The molecule has 116 valence electrons. The van der Waals surface area contributed by atoms with Crippen LogP contribution in [0.2, 0.25) is 0 Å². The monoisotopic (exact) mass is 308 g/mol. The lowest BCUT2D eigenvalue weighted by Crippen LogP contribution is -2.36. The third-order valence-electron chi connectivity index (χ3n) is 4.02. The van der Waals surface area contributed by atoms with Crippen LogP contribution in [-0.2, 0) is 6.42 Å². The highest BCUT2D eigenvalue weighted by Gasteiger charge is 2.17. The first-order valence-corrected chi connectivity index (χ1v) is 7.56. The van der Waals surface area contributed by atoms with E-state index in [4.69, 9.17) is 9.47 Å². The van der Waals surface area contributed by atoms with Crippen LogP contribution in [0.15, 0.2) is 48.5 Å². The third kappa shape index (κ3) is 2.61. The third-order valence-corrected chi connectivity index (χ3v) is 4.02. The van der Waals surface area contributed by atoms with Gasteiger partial charge in [-0.25, -0.2) is 0 Å². The SMILES string of the molecule is O=C(NNC1=CCCc2ccccc21)c1ccc2c(c1)OCO2. The van der Waals surface area contributed by atoms with Crippen LogP contribution < -0.4 is 20.3 Å². The second-order valence-electron chi connectivity index (χ2n) is 5.46. The molecule has 5 heteroatoms. The standard InChI is InChI=1S/C18H16N2O3/c21-18(13-8-9-16-17(10-13)23-11-22-16)20-19-15-7-3-5-12-4-1-2-6-14(12)15/h1-2,4,6-10,19H,3,5,11H2,(H,20,21). The Balaban J connectivity index is 1.47. The molecule has 1 aliphatic heterocycles. The zero-order valence-corrected chi connectivity index (χ0v) is 12.5. The molecule has 1 aliphatic carbocycles. The molecule has 2 aliphatic rings. The normalized spacial score (nSPS) is 14.7. The highest BCUT2D eigenvalue weighted by molar-refractivity contribution is 5.95. The largest absolute Gasteiger partial charge is 0.454 e. The number of rotatable bonds is 3. The maximum atomic E-state index is 12.3. The molecule has 0 spiro atoms. The molecule has 0 saturated carbocycles. The first-order valence-electron chi connectivity index (χ1n) is 7.56. The number of hydrogen-bond acceptors (Lipinski definition) is 4. The molecule has 2 N–H and O–H groups in total. The van der Waals surface area contributed by atoms with Gasteiger partial charge in [-0.05, 0) is 36.6 Å². The van der Waals surface area contributed by atoms with Crippen molar-refractivity contribution in [3.63, 3.8) is 0 Å². The number of fused-ring (bicyclic) bond motifs is 2. The molecule has 0 fully saturated rings. The van der Waals surface area contributed by atoms with Crippen LogP contribution in [0.1, 0.15) is 27.9 Å². The average molecular weight is 308 g/mol. The van der Waals surface area contributed by atoms with Gasteiger partial charge < -0.3 is 9.47 Å². The average Bonchev–Trinajstić information content (AvgIpc) is 3.07. The fourth-order valence-corrected chi connectivity index (χ4v) is 2.84. The van der Waals surface area contributed by atoms with Crippen molar-refractivity contribution in [1.82, 2.24) is 10.9 Å². The Kier molecular flexibility index (Phi) is 3.38. The second kappa shape index (κ2) is 5.68. The predicted octanol–water partition coefficient (Wildman–Crippen LogP) is 2.64. The summed E-state index contributed by atoms with van der Waals surface area (Å²) in [5, 5.41) is 0. The van der Waals surface area contributed by atoms with Crippen LogP contribution in [0, 0.1) is 0 Å². The number of carbonyl (C=O) groups is 1. The highest BCUT2D eigenvalue weighted by atomic mass is 16.7. The quantitative estimate of drug-likeness (QED) is 0.856. The van der Waals surface area contributed by atoms with Gasteiger partial charge in [0.05, 0.1) is 5.70 Å². The van der Waals surface area contributed by atoms with E-state index in [1.165, 1.54) is 5.56 Å². The van der Waals surface area contributed by atoms with Crippen LogP contribution >= 0.6 is 0 Å². The summed E-state index contributed by atoms with van der Waals surface area (Å²) in [7, 11) is 0. The van der Waals surface area contributed by atoms with Gasteiger partial charge in [0.15, 0.2) is 11.5 Å². The van der Waals surface area contributed by atoms with Crippen molar-refractivity contribution < 1.29 is 14.3 Å². The van der Waals surface area contributed by atoms with Crippen molar-refractivity contribution in [2.75, 3.05) is 6.79 Å². The first kappa shape index (κ1) is 13.7. The van der Waals surface area contributed by atoms with E-state index in [0.29, 0.717) is 17.1 Å². The van der Waals surface area contributed by atoms with Gasteiger partial charge in [-0.15, -0.1) is 0 Å². The fourth-order valence-electron chi connectivity index (χ4n) is 2.84. The van der Waals surface area contributed by atoms with Crippen molar-refractivity contribution in [1.29, 1.82) is 0 Å². The topological polar surface area (TPSA) is 59.6 Å². The van der Waals surface area contributed by atoms with Crippen LogP contribution in [0.4, 0.5) is 0 Å². The van der Waals surface area contributed by atoms with Gasteiger partial charge in [0.2, 0.25) is 6.79 Å². The van der Waals surface area contributed by atoms with Crippen molar-refractivity contribution in [2.24, 2.45) is 0 Å². The summed E-state index contributed by atoms with van der Waals surface area (Å²) in [6.45, 7) is 0.197. The molecule has 1 amide bonds. The number of aryl methyl sites for hydroxylation is 1. The van der Waals surface area contributed by atoms with E-state index in [9.17, 15) is 4.79 Å². The van der Waals surface area contributed by atoms with E-state index in [0.717, 1.165) is 24.1 Å². The Morgan fingerprint density at radius 3 is 2.87 bits per heavy atom. The Labute approximate surface area is 133 Å². The summed E-state index contributed by atoms with van der Waals surface area (Å²) in [5.74, 6) is 1.05. The van der Waals surface area contributed by atoms with Gasteiger partial charge in [0, 0.05) is 11.1 Å². The smallest absolute Gasteiger partial charge is 0.269 e. The number of benzene rings is 2. The minimum Gasteiger partial charge on any atom is -0.454 e. The van der Waals surface area contributed by atoms with Crippen molar-refractivity contribution in [3.8, 4) is 11.5 Å². The Hall–Kier alpha value is -2.95. The summed E-state index contributed by atoms with van der Waals surface area (Å²) in [5.41, 5.74) is 9.65. The lowest BCUT2D eigenvalue weighted by atomic mass is 9.95. The first-order chi connectivity index (χ1) is 11.3. The van der Waals surface area contributed by atoms with Gasteiger partial charge in [-0.1, -0.05) is 30.3 Å². The summed E-state index contributed by atoms with van der Waals surface area (Å²) in [6.07, 6.45) is 4.08. The molecule has 0 bridgehead atoms. The molecule has 5 nitrogen and oxygen atoms in total. The molecule has 0 unspecified atom stereocenters. The number of ether oxygens (including phenoxy) is 2. The summed E-state index contributed by atoms with van der Waals surface area (Å²) in [4.78, 5) is 12.3. The van der Waals surface area contributed by atoms with E-state index >= 15 is 0 Å². The number of hydrazine groups is 1. The highest BCUT2D eigenvalue weighted by Crippen LogP contribution is 2.32. The Morgan fingerprint density at radius 2 is 1.91 bits per heavy atom. The van der Waals surface area contributed by atoms with E-state index < -0.39 is 0 Å². The second-order valence-corrected chi connectivity index (χ2v) is 5.46. The minimum absolute atomic E-state index is 0.197. The maximum Gasteiger partial charge on any atom is 0.269 e. The lowest BCUT2D eigenvalue weighted by Gasteiger charge is -2.19. The minimum atomic E-state index is -0.216. The molecule has 0 radical (unpaired) electrons. The Bertz CT molecular complexity index is 799. The molecule has 1 heterocycles. The van der Waals surface area contributed by atoms with E-state index in [-0.39, 0.29) is 12.7 Å². The van der Waals surface area contributed by atoms with E-state index in [2.05, 4.69) is 29.1 Å². The van der Waals surface area contributed by atoms with Crippen LogP contribution in [0.3, 0.4) is 0 Å². The molecule has 2 aromatic rings. The predicted molar refractivity (Wildman–Crippen MR) is 85.9 cm³/mol. The van der Waals surface area contributed by atoms with E-state index in [1.807, 2.05) is 12.1 Å². The van der Waals surface area contributed by atoms with Crippen molar-refractivity contribution in [3.05, 3.63) is 65.2 Å². The maximum absolute atomic E-state index is 12.3. The molecule has 0 saturated heterocycles. The van der Waals surface area contributed by atoms with Gasteiger partial charge in [-0.2, -0.15) is 0 Å². The molecule has 4 rings (SSSR count). The number of carbonyl (C=O) groups excluding carboxylic acids is 1. The van der Waals surface area contributed by atoms with Crippen LogP contribution in [-0.4, -0.2) is 12.7 Å². The van der Waals surface area contributed by atoms with Crippen LogP contribution in [0.5, 0.6) is 11.5 Å². The number of hydrogen-bond donors (Lipinski definition) is 2. The summed E-state index contributed by atoms with van der Waals surface area (Å²) >= 11 is 0. The van der Waals surface area contributed by atoms with Crippen molar-refractivity contribution in [2.45, 2.75) is 12.8 Å². The zero-order valence-electron chi connectivity index (χ0n) is 12.5. The number of amides is 1. The van der Waals surface area contributed by atoms with Gasteiger partial charge in [0.25, 0.3) is 5.91 Å². The molecular weight excluding hydrogens is 292 g/mol. The number of allylic oxidation sites excluding steroid dienone is 1.